The van der Waals surface area contributed by atoms with E-state index in [1.807, 2.05) is 109 Å². The van der Waals surface area contributed by atoms with Crippen LogP contribution in [-0.4, -0.2) is 42.7 Å². The SMILES string of the molecule is COc1ccc(OC)c(C=Cc2ccc(N3C(=O)C4CC=C5C(CC6C(=O)C(c7ccccc7)=CC(=O)C6(c6ccccc6)C5c5cc(Br)ccc5O)C4C3=O)cc2)c1. The topological polar surface area (TPSA) is 110 Å². The largest absolute Gasteiger partial charge is 0.508 e. The van der Waals surface area contributed by atoms with Crippen molar-refractivity contribution in [2.45, 2.75) is 24.2 Å². The molecule has 0 aromatic heterocycles. The number of hydrogen-bond donors (Lipinski definition) is 1. The highest BCUT2D eigenvalue weighted by Gasteiger charge is 2.66. The maximum absolute atomic E-state index is 15.2. The fourth-order valence-corrected chi connectivity index (χ4v) is 10.5. The van der Waals surface area contributed by atoms with Gasteiger partial charge < -0.3 is 14.6 Å². The molecule has 2 fully saturated rings. The Morgan fingerprint density at radius 3 is 2.22 bits per heavy atom. The van der Waals surface area contributed by atoms with E-state index in [-0.39, 0.29) is 42.0 Å². The normalized spacial score (nSPS) is 24.9. The first kappa shape index (κ1) is 38.2. The molecule has 1 aliphatic heterocycles. The highest BCUT2D eigenvalue weighted by Crippen LogP contribution is 2.64. The van der Waals surface area contributed by atoms with E-state index < -0.39 is 35.0 Å². The molecule has 6 unspecified atom stereocenters. The van der Waals surface area contributed by atoms with Crippen LogP contribution in [0.15, 0.2) is 144 Å². The van der Waals surface area contributed by atoms with Gasteiger partial charge >= 0.3 is 0 Å². The predicted molar refractivity (Wildman–Crippen MR) is 230 cm³/mol. The molecule has 0 radical (unpaired) electrons. The van der Waals surface area contributed by atoms with Gasteiger partial charge in [-0.15, -0.1) is 0 Å². The van der Waals surface area contributed by atoms with Crippen molar-refractivity contribution in [3.8, 4) is 17.2 Å². The van der Waals surface area contributed by atoms with E-state index in [2.05, 4.69) is 15.9 Å². The second-order valence-corrected chi connectivity index (χ2v) is 16.5. The van der Waals surface area contributed by atoms with Crippen molar-refractivity contribution < 1.29 is 33.8 Å². The zero-order chi connectivity index (χ0) is 41.0. The van der Waals surface area contributed by atoms with Gasteiger partial charge in [0.05, 0.1) is 37.2 Å². The molecule has 2 amide bonds. The average molecular weight is 847 g/mol. The van der Waals surface area contributed by atoms with Crippen LogP contribution in [0.3, 0.4) is 0 Å². The Hall–Kier alpha value is -6.32. The van der Waals surface area contributed by atoms with E-state index in [1.54, 1.807) is 44.6 Å². The molecule has 5 aromatic carbocycles. The maximum atomic E-state index is 15.2. The number of anilines is 1. The number of carbonyl (C=O) groups excluding carboxylic acids is 4. The van der Waals surface area contributed by atoms with Crippen LogP contribution in [0.25, 0.3) is 17.7 Å². The monoisotopic (exact) mass is 845 g/mol. The second-order valence-electron chi connectivity index (χ2n) is 15.5. The molecule has 4 aliphatic rings. The van der Waals surface area contributed by atoms with Crippen LogP contribution in [0.1, 0.15) is 46.6 Å². The molecule has 1 N–H and O–H groups in total. The number of ketones is 2. The minimum Gasteiger partial charge on any atom is -0.508 e. The van der Waals surface area contributed by atoms with Gasteiger partial charge in [0.1, 0.15) is 17.2 Å². The fourth-order valence-electron chi connectivity index (χ4n) is 10.1. The number of phenols is 1. The van der Waals surface area contributed by atoms with Crippen molar-refractivity contribution in [1.29, 1.82) is 0 Å². The lowest BCUT2D eigenvalue weighted by atomic mass is 9.44. The molecule has 1 saturated heterocycles. The number of hydrogen-bond acceptors (Lipinski definition) is 7. The van der Waals surface area contributed by atoms with Gasteiger partial charge in [-0.05, 0) is 90.1 Å². The predicted octanol–water partition coefficient (Wildman–Crippen LogP) is 9.37. The van der Waals surface area contributed by atoms with Crippen LogP contribution in [0.4, 0.5) is 5.69 Å². The van der Waals surface area contributed by atoms with Gasteiger partial charge in [0.25, 0.3) is 0 Å². The minimum atomic E-state index is -1.44. The number of imide groups is 1. The molecule has 3 aliphatic carbocycles. The molecule has 8 nitrogen and oxygen atoms in total. The first-order chi connectivity index (χ1) is 28.6. The summed E-state index contributed by atoms with van der Waals surface area (Å²) in [6.07, 6.45) is 7.76. The van der Waals surface area contributed by atoms with Crippen LogP contribution < -0.4 is 14.4 Å². The highest BCUT2D eigenvalue weighted by molar-refractivity contribution is 9.10. The Morgan fingerprint density at radius 1 is 0.780 bits per heavy atom. The van der Waals surface area contributed by atoms with Gasteiger partial charge in [-0.2, -0.15) is 0 Å². The number of phenolic OH excluding ortho intramolecular Hbond substituents is 1. The number of benzene rings is 5. The summed E-state index contributed by atoms with van der Waals surface area (Å²) >= 11 is 3.60. The summed E-state index contributed by atoms with van der Waals surface area (Å²) in [7, 11) is 3.21. The van der Waals surface area contributed by atoms with Crippen LogP contribution in [0, 0.1) is 23.7 Å². The van der Waals surface area contributed by atoms with Crippen LogP contribution in [0.5, 0.6) is 17.2 Å². The number of amides is 2. The Labute approximate surface area is 350 Å². The molecule has 59 heavy (non-hydrogen) atoms. The molecular formula is C50H40BrNO7. The fraction of sp³-hybridized carbons (Fsp3) is 0.200. The summed E-state index contributed by atoms with van der Waals surface area (Å²) in [6, 6.07) is 36.4. The number of aromatic hydroxyl groups is 1. The van der Waals surface area contributed by atoms with Gasteiger partial charge in [0, 0.05) is 33.0 Å². The third-order valence-corrected chi connectivity index (χ3v) is 13.2. The Bertz CT molecular complexity index is 2620. The third-order valence-electron chi connectivity index (χ3n) is 12.7. The second kappa shape index (κ2) is 15.1. The zero-order valence-electron chi connectivity index (χ0n) is 32.4. The summed E-state index contributed by atoms with van der Waals surface area (Å²) in [6.45, 7) is 0. The molecule has 1 heterocycles. The van der Waals surface area contributed by atoms with Crippen molar-refractivity contribution in [3.63, 3.8) is 0 Å². The van der Waals surface area contributed by atoms with Gasteiger partial charge in [-0.3, -0.25) is 24.1 Å². The summed E-state index contributed by atoms with van der Waals surface area (Å²) in [5.74, 6) is -3.44. The number of rotatable bonds is 8. The molecule has 6 atom stereocenters. The van der Waals surface area contributed by atoms with E-state index in [4.69, 9.17) is 9.47 Å². The summed E-state index contributed by atoms with van der Waals surface area (Å²) in [5.41, 5.74) is 3.58. The number of Topliss-reactive ketones (excluding diaryl/α,β-unsaturated/α-hetero) is 1. The van der Waals surface area contributed by atoms with Crippen LogP contribution >= 0.6 is 15.9 Å². The maximum Gasteiger partial charge on any atom is 0.238 e. The zero-order valence-corrected chi connectivity index (χ0v) is 34.0. The summed E-state index contributed by atoms with van der Waals surface area (Å²) in [4.78, 5) is 60.9. The summed E-state index contributed by atoms with van der Waals surface area (Å²) < 4.78 is 11.6. The highest BCUT2D eigenvalue weighted by atomic mass is 79.9. The molecule has 5 aromatic rings. The van der Waals surface area contributed by atoms with Crippen molar-refractivity contribution in [2.75, 3.05) is 19.1 Å². The summed E-state index contributed by atoms with van der Waals surface area (Å²) in [5, 5.41) is 11.7. The number of ether oxygens (including phenoxy) is 2. The number of methoxy groups -OCH3 is 2. The van der Waals surface area contributed by atoms with Gasteiger partial charge in [-0.1, -0.05) is 113 Å². The Kier molecular flexibility index (Phi) is 9.80. The van der Waals surface area contributed by atoms with Gasteiger partial charge in [-0.25, -0.2) is 0 Å². The van der Waals surface area contributed by atoms with Crippen molar-refractivity contribution in [1.82, 2.24) is 0 Å². The first-order valence-electron chi connectivity index (χ1n) is 19.6. The molecule has 9 heteroatoms. The Balaban J connectivity index is 1.13. The number of nitrogens with zero attached hydrogens (tertiary/aromatic N) is 1. The van der Waals surface area contributed by atoms with E-state index in [0.717, 1.165) is 16.7 Å². The number of halogens is 1. The molecule has 0 spiro atoms. The van der Waals surface area contributed by atoms with Crippen molar-refractivity contribution in [2.24, 2.45) is 23.7 Å². The first-order valence-corrected chi connectivity index (χ1v) is 20.4. The lowest BCUT2D eigenvalue weighted by Crippen LogP contribution is -2.58. The lowest BCUT2D eigenvalue weighted by molar-refractivity contribution is -0.135. The lowest BCUT2D eigenvalue weighted by Gasteiger charge is -2.55. The molecule has 9 rings (SSSR count). The molecule has 294 valence electrons. The van der Waals surface area contributed by atoms with Crippen LogP contribution in [0.2, 0.25) is 0 Å². The average Bonchev–Trinajstić information content (AvgIpc) is 3.53. The number of carbonyl (C=O) groups is 4. The smallest absolute Gasteiger partial charge is 0.238 e. The third kappa shape index (κ3) is 6.18. The number of fused-ring (bicyclic) bond motifs is 4. The van der Waals surface area contributed by atoms with E-state index >= 15 is 9.59 Å². The van der Waals surface area contributed by atoms with Gasteiger partial charge in [0.2, 0.25) is 11.8 Å². The van der Waals surface area contributed by atoms with Crippen molar-refractivity contribution >= 4 is 62.7 Å². The minimum absolute atomic E-state index is 0.0246. The van der Waals surface area contributed by atoms with Crippen LogP contribution in [-0.2, 0) is 24.6 Å². The van der Waals surface area contributed by atoms with E-state index in [9.17, 15) is 14.7 Å². The Morgan fingerprint density at radius 2 is 1.51 bits per heavy atom. The van der Waals surface area contributed by atoms with E-state index in [1.165, 1.54) is 11.0 Å². The molecular weight excluding hydrogens is 806 g/mol. The molecule has 1 saturated carbocycles. The quantitative estimate of drug-likeness (QED) is 0.0942. The standard InChI is InChI=1S/C50H40BrNO7/c1-58-35-20-24-43(59-2)31(25-35)16-13-29-14-18-34(19-15-29)52-48(56)37-22-21-36-39(45(37)49(52)57)27-41-47(55)38(30-9-5-3-6-10-30)28-44(54)50(41,32-11-7-4-8-12-32)46(36)40-26-33(51)17-23-42(40)53/h3-21,23-26,28,37,39,41,45-46,53H,22,27H2,1-2H3. The van der Waals surface area contributed by atoms with E-state index in [0.29, 0.717) is 43.9 Å². The molecule has 0 bridgehead atoms. The van der Waals surface area contributed by atoms with Gasteiger partial charge in [0.15, 0.2) is 11.6 Å². The van der Waals surface area contributed by atoms with Crippen molar-refractivity contribution in [3.05, 3.63) is 171 Å². The number of allylic oxidation sites excluding steroid dienone is 4.